The lowest BCUT2D eigenvalue weighted by Gasteiger charge is -2.40. The molecule has 6 rings (SSSR count). The van der Waals surface area contributed by atoms with Gasteiger partial charge in [0.15, 0.2) is 5.82 Å². The van der Waals surface area contributed by atoms with Crippen molar-refractivity contribution in [1.29, 1.82) is 0 Å². The molecular weight excluding hydrogens is 574 g/mol. The van der Waals surface area contributed by atoms with Gasteiger partial charge in [0.25, 0.3) is 5.56 Å². The van der Waals surface area contributed by atoms with E-state index in [-0.39, 0.29) is 17.6 Å². The smallest absolute Gasteiger partial charge is 0.377 e. The van der Waals surface area contributed by atoms with Crippen LogP contribution in [0.1, 0.15) is 75.0 Å². The lowest BCUT2D eigenvalue weighted by molar-refractivity contribution is -0.000123. The number of nitrogens with zero attached hydrogens (tertiary/aromatic N) is 4. The van der Waals surface area contributed by atoms with Crippen molar-refractivity contribution in [2.75, 3.05) is 13.2 Å². The van der Waals surface area contributed by atoms with Gasteiger partial charge >= 0.3 is 5.76 Å². The first-order valence-electron chi connectivity index (χ1n) is 15.6. The molecule has 1 saturated heterocycles. The standard InChI is InChI=1S/C34H39N5O4S/c1-4-5-10-29-35-31(25-15-16-25)28(17-30(44)39-21(2)19-42-20-22(39)3)33(40)38(29)18-23-11-13-24(14-12-23)26-8-6-7-9-27(26)32-36-34(41)43-37-32/h6-9,11-14,21-22,25H,4-5,10,15-20H2,1-3H3,(H,36,37,41). The summed E-state index contributed by atoms with van der Waals surface area (Å²) in [4.78, 5) is 36.8. The van der Waals surface area contributed by atoms with Crippen molar-refractivity contribution in [3.05, 3.63) is 92.1 Å². The number of benzene rings is 2. The maximum Gasteiger partial charge on any atom is 0.439 e. The number of aromatic amines is 1. The molecule has 0 radical (unpaired) electrons. The summed E-state index contributed by atoms with van der Waals surface area (Å²) < 4.78 is 12.3. The highest BCUT2D eigenvalue weighted by Gasteiger charge is 2.33. The predicted molar refractivity (Wildman–Crippen MR) is 174 cm³/mol. The number of hydrogen-bond donors (Lipinski definition) is 1. The zero-order valence-electron chi connectivity index (χ0n) is 25.5. The van der Waals surface area contributed by atoms with E-state index in [0.29, 0.717) is 37.9 Å². The second-order valence-electron chi connectivity index (χ2n) is 12.1. The molecule has 2 aromatic carbocycles. The predicted octanol–water partition coefficient (Wildman–Crippen LogP) is 5.50. The quantitative estimate of drug-likeness (QED) is 0.234. The molecule has 1 aliphatic carbocycles. The number of thiocarbonyl (C=S) groups is 1. The van der Waals surface area contributed by atoms with Gasteiger partial charge in [0.2, 0.25) is 0 Å². The van der Waals surface area contributed by atoms with Crippen LogP contribution in [0.3, 0.4) is 0 Å². The number of H-pyrrole nitrogens is 1. The molecule has 2 unspecified atom stereocenters. The molecule has 0 amide bonds. The molecule has 0 bridgehead atoms. The molecule has 1 aliphatic heterocycles. The van der Waals surface area contributed by atoms with Crippen molar-refractivity contribution in [3.8, 4) is 22.5 Å². The molecule has 230 valence electrons. The maximum atomic E-state index is 14.4. The van der Waals surface area contributed by atoms with Crippen LogP contribution in [0.4, 0.5) is 0 Å². The van der Waals surface area contributed by atoms with Crippen LogP contribution in [0.25, 0.3) is 22.5 Å². The normalized spacial score (nSPS) is 18.5. The van der Waals surface area contributed by atoms with Crippen LogP contribution < -0.4 is 11.3 Å². The molecular formula is C34H39N5O4S. The average molecular weight is 614 g/mol. The summed E-state index contributed by atoms with van der Waals surface area (Å²) >= 11 is 5.98. The minimum atomic E-state index is -0.593. The Bertz CT molecular complexity index is 1740. The molecule has 2 aromatic heterocycles. The van der Waals surface area contributed by atoms with E-state index in [1.165, 1.54) is 0 Å². The Morgan fingerprint density at radius 3 is 2.36 bits per heavy atom. The highest BCUT2D eigenvalue weighted by atomic mass is 32.1. The van der Waals surface area contributed by atoms with Gasteiger partial charge in [-0.25, -0.2) is 9.78 Å². The Morgan fingerprint density at radius 1 is 1.02 bits per heavy atom. The highest BCUT2D eigenvalue weighted by molar-refractivity contribution is 7.80. The van der Waals surface area contributed by atoms with Gasteiger partial charge in [-0.2, -0.15) is 0 Å². The first kappa shape index (κ1) is 30.1. The largest absolute Gasteiger partial charge is 0.439 e. The van der Waals surface area contributed by atoms with E-state index in [0.717, 1.165) is 76.4 Å². The van der Waals surface area contributed by atoms with Gasteiger partial charge in [0, 0.05) is 29.9 Å². The van der Waals surface area contributed by atoms with Crippen LogP contribution in [-0.2, 0) is 24.1 Å². The summed E-state index contributed by atoms with van der Waals surface area (Å²) in [6.07, 6.45) is 5.32. The minimum Gasteiger partial charge on any atom is -0.377 e. The third-order valence-electron chi connectivity index (χ3n) is 8.60. The van der Waals surface area contributed by atoms with Gasteiger partial charge in [-0.3, -0.25) is 18.9 Å². The van der Waals surface area contributed by atoms with E-state index < -0.39 is 5.76 Å². The van der Waals surface area contributed by atoms with Crippen molar-refractivity contribution in [2.45, 2.75) is 83.8 Å². The first-order valence-corrected chi connectivity index (χ1v) is 16.0. The summed E-state index contributed by atoms with van der Waals surface area (Å²) in [7, 11) is 0. The fourth-order valence-electron chi connectivity index (χ4n) is 6.20. The van der Waals surface area contributed by atoms with E-state index in [1.54, 1.807) is 0 Å². The molecule has 3 heterocycles. The molecule has 44 heavy (non-hydrogen) atoms. The van der Waals surface area contributed by atoms with E-state index in [9.17, 15) is 9.59 Å². The Kier molecular flexibility index (Phi) is 8.91. The van der Waals surface area contributed by atoms with Gasteiger partial charge in [-0.15, -0.1) is 0 Å². The van der Waals surface area contributed by atoms with E-state index in [1.807, 2.05) is 53.1 Å². The fourth-order valence-corrected chi connectivity index (χ4v) is 6.71. The summed E-state index contributed by atoms with van der Waals surface area (Å²) in [6.45, 7) is 8.11. The zero-order chi connectivity index (χ0) is 30.8. The van der Waals surface area contributed by atoms with E-state index in [2.05, 4.69) is 35.8 Å². The lowest BCUT2D eigenvalue weighted by atomic mass is 9.98. The molecule has 2 fully saturated rings. The summed E-state index contributed by atoms with van der Waals surface area (Å²) in [5.41, 5.74) is 5.38. The minimum absolute atomic E-state index is 0.0216. The molecule has 1 N–H and O–H groups in total. The van der Waals surface area contributed by atoms with Crippen LogP contribution >= 0.6 is 12.2 Å². The Balaban J connectivity index is 1.33. The molecule has 0 spiro atoms. The van der Waals surface area contributed by atoms with Crippen molar-refractivity contribution < 1.29 is 9.26 Å². The van der Waals surface area contributed by atoms with Crippen LogP contribution in [0.15, 0.2) is 62.6 Å². The van der Waals surface area contributed by atoms with Gasteiger partial charge in [0.1, 0.15) is 5.82 Å². The SMILES string of the molecule is CCCCc1nc(C2CC2)c(CC(=S)N2C(C)COCC2C)c(=O)n1Cc1ccc(-c2ccccc2-c2noc(=O)[nH]2)cc1. The Morgan fingerprint density at radius 2 is 1.73 bits per heavy atom. The van der Waals surface area contributed by atoms with Crippen molar-refractivity contribution >= 4 is 17.2 Å². The number of ether oxygens (including phenoxy) is 1. The van der Waals surface area contributed by atoms with Crippen molar-refractivity contribution in [3.63, 3.8) is 0 Å². The third-order valence-corrected chi connectivity index (χ3v) is 8.96. The van der Waals surface area contributed by atoms with Gasteiger partial charge < -0.3 is 9.64 Å². The molecule has 9 nitrogen and oxygen atoms in total. The lowest BCUT2D eigenvalue weighted by Crippen LogP contribution is -2.52. The number of hydrogen-bond acceptors (Lipinski definition) is 7. The Labute approximate surface area is 262 Å². The molecule has 2 atom stereocenters. The number of morpholine rings is 1. The summed E-state index contributed by atoms with van der Waals surface area (Å²) in [5, 5.41) is 3.87. The van der Waals surface area contributed by atoms with Crippen molar-refractivity contribution in [1.82, 2.24) is 24.6 Å². The summed E-state index contributed by atoms with van der Waals surface area (Å²) in [6, 6.07) is 16.2. The zero-order valence-corrected chi connectivity index (χ0v) is 26.4. The number of aryl methyl sites for hydroxylation is 1. The first-order chi connectivity index (χ1) is 21.3. The van der Waals surface area contributed by atoms with Gasteiger partial charge in [-0.05, 0) is 49.8 Å². The van der Waals surface area contributed by atoms with Gasteiger partial charge in [-0.1, -0.05) is 79.3 Å². The summed E-state index contributed by atoms with van der Waals surface area (Å²) in [5.74, 6) is 0.986. The fraction of sp³-hybridized carbons (Fsp3) is 0.441. The van der Waals surface area contributed by atoms with E-state index in [4.69, 9.17) is 26.5 Å². The molecule has 2 aliphatic rings. The van der Waals surface area contributed by atoms with Crippen molar-refractivity contribution in [2.24, 2.45) is 0 Å². The van der Waals surface area contributed by atoms with Crippen LogP contribution in [-0.4, -0.2) is 54.9 Å². The van der Waals surface area contributed by atoms with Crippen LogP contribution in [0.2, 0.25) is 0 Å². The number of nitrogens with one attached hydrogen (secondary N) is 1. The highest BCUT2D eigenvalue weighted by Crippen LogP contribution is 2.40. The number of aromatic nitrogens is 4. The molecule has 10 heteroatoms. The van der Waals surface area contributed by atoms with Gasteiger partial charge in [0.05, 0.1) is 42.5 Å². The van der Waals surface area contributed by atoms with E-state index >= 15 is 0 Å². The maximum absolute atomic E-state index is 14.4. The second kappa shape index (κ2) is 13.0. The van der Waals surface area contributed by atoms with Crippen LogP contribution in [0, 0.1) is 0 Å². The molecule has 1 saturated carbocycles. The Hall–Kier alpha value is -3.89. The van der Waals surface area contributed by atoms with Crippen LogP contribution in [0.5, 0.6) is 0 Å². The average Bonchev–Trinajstić information content (AvgIpc) is 3.78. The monoisotopic (exact) mass is 613 g/mol. The number of unbranched alkanes of at least 4 members (excludes halogenated alkanes) is 1. The molecule has 4 aromatic rings. The topological polar surface area (TPSA) is 106 Å². The second-order valence-corrected chi connectivity index (χ2v) is 12.5. The third kappa shape index (κ3) is 6.32. The number of rotatable bonds is 10.